The number of alkyl halides is 1. The highest BCUT2D eigenvalue weighted by atomic mass is 35.5. The molecule has 0 heterocycles. The van der Waals surface area contributed by atoms with Crippen molar-refractivity contribution in [3.63, 3.8) is 0 Å². The summed E-state index contributed by atoms with van der Waals surface area (Å²) in [5.41, 5.74) is 2.51. The Bertz CT molecular complexity index is 374. The quantitative estimate of drug-likeness (QED) is 0.617. The smallest absolute Gasteiger partial charge is 0.251 e. The predicted octanol–water partition coefficient (Wildman–Crippen LogP) is 2.73. The molecule has 0 unspecified atom stereocenters. The molecular formula is C12H14ClNO. The van der Waals surface area contributed by atoms with Gasteiger partial charge in [0, 0.05) is 18.0 Å². The van der Waals surface area contributed by atoms with Gasteiger partial charge >= 0.3 is 0 Å². The average molecular weight is 224 g/mol. The number of rotatable bonds is 4. The summed E-state index contributed by atoms with van der Waals surface area (Å²) in [6, 6.07) is 7.28. The molecule has 1 rings (SSSR count). The van der Waals surface area contributed by atoms with Crippen molar-refractivity contribution in [2.75, 3.05) is 6.54 Å². The van der Waals surface area contributed by atoms with Crippen molar-refractivity contribution in [1.82, 2.24) is 5.32 Å². The summed E-state index contributed by atoms with van der Waals surface area (Å²) in [5.74, 6) is 0.326. The lowest BCUT2D eigenvalue weighted by Gasteiger charge is -2.05. The molecule has 2 nitrogen and oxygen atoms in total. The Morgan fingerprint density at radius 2 is 2.27 bits per heavy atom. The third kappa shape index (κ3) is 3.76. The summed E-state index contributed by atoms with van der Waals surface area (Å²) in [4.78, 5) is 11.6. The first-order valence-corrected chi connectivity index (χ1v) is 5.24. The van der Waals surface area contributed by atoms with E-state index in [4.69, 9.17) is 11.6 Å². The topological polar surface area (TPSA) is 29.1 Å². The van der Waals surface area contributed by atoms with Gasteiger partial charge in [0.15, 0.2) is 0 Å². The molecule has 0 radical (unpaired) electrons. The van der Waals surface area contributed by atoms with E-state index in [2.05, 4.69) is 11.9 Å². The number of carbonyl (C=O) groups is 1. The minimum absolute atomic E-state index is 0.0926. The molecule has 1 amide bonds. The van der Waals surface area contributed by atoms with Crippen LogP contribution in [0.4, 0.5) is 0 Å². The number of benzene rings is 1. The summed E-state index contributed by atoms with van der Waals surface area (Å²) in [6.07, 6.45) is 0. The SMILES string of the molecule is C=C(C)CNC(=O)c1cccc(CCl)c1. The second kappa shape index (κ2) is 5.56. The monoisotopic (exact) mass is 223 g/mol. The molecule has 0 saturated carbocycles. The first-order chi connectivity index (χ1) is 7.13. The molecule has 15 heavy (non-hydrogen) atoms. The number of hydrogen-bond donors (Lipinski definition) is 1. The third-order valence-corrected chi connectivity index (χ3v) is 2.20. The Hall–Kier alpha value is -1.28. The fourth-order valence-electron chi connectivity index (χ4n) is 1.13. The molecule has 1 N–H and O–H groups in total. The minimum atomic E-state index is -0.0926. The van der Waals surface area contributed by atoms with Crippen LogP contribution in [0, 0.1) is 0 Å². The van der Waals surface area contributed by atoms with E-state index in [1.165, 1.54) is 0 Å². The van der Waals surface area contributed by atoms with Crippen LogP contribution in [-0.4, -0.2) is 12.5 Å². The van der Waals surface area contributed by atoms with Gasteiger partial charge < -0.3 is 5.32 Å². The van der Waals surface area contributed by atoms with Gasteiger partial charge in [0.25, 0.3) is 5.91 Å². The van der Waals surface area contributed by atoms with Crippen molar-refractivity contribution in [2.24, 2.45) is 0 Å². The van der Waals surface area contributed by atoms with E-state index >= 15 is 0 Å². The summed E-state index contributed by atoms with van der Waals surface area (Å²) in [5, 5.41) is 2.77. The van der Waals surface area contributed by atoms with E-state index in [1.54, 1.807) is 12.1 Å². The van der Waals surface area contributed by atoms with Gasteiger partial charge in [-0.3, -0.25) is 4.79 Å². The van der Waals surface area contributed by atoms with Crippen LogP contribution >= 0.6 is 11.6 Å². The Labute approximate surface area is 94.9 Å². The Morgan fingerprint density at radius 1 is 1.53 bits per heavy atom. The first-order valence-electron chi connectivity index (χ1n) is 4.71. The molecule has 0 bridgehead atoms. The molecule has 0 aliphatic heterocycles. The van der Waals surface area contributed by atoms with E-state index in [1.807, 2.05) is 19.1 Å². The number of carbonyl (C=O) groups excluding carboxylic acids is 1. The highest BCUT2D eigenvalue weighted by molar-refractivity contribution is 6.17. The molecule has 0 aliphatic carbocycles. The Morgan fingerprint density at radius 3 is 2.87 bits per heavy atom. The second-order valence-corrected chi connectivity index (χ2v) is 3.74. The van der Waals surface area contributed by atoms with Crippen LogP contribution in [0.5, 0.6) is 0 Å². The van der Waals surface area contributed by atoms with Crippen molar-refractivity contribution < 1.29 is 4.79 Å². The van der Waals surface area contributed by atoms with Gasteiger partial charge in [-0.05, 0) is 24.6 Å². The molecule has 1 aromatic rings. The molecule has 0 atom stereocenters. The highest BCUT2D eigenvalue weighted by Gasteiger charge is 2.04. The second-order valence-electron chi connectivity index (χ2n) is 3.47. The normalized spacial score (nSPS) is 9.73. The molecule has 3 heteroatoms. The van der Waals surface area contributed by atoms with Gasteiger partial charge in [-0.2, -0.15) is 0 Å². The highest BCUT2D eigenvalue weighted by Crippen LogP contribution is 2.07. The van der Waals surface area contributed by atoms with Crippen LogP contribution in [0.1, 0.15) is 22.8 Å². The van der Waals surface area contributed by atoms with Gasteiger partial charge in [0.1, 0.15) is 0 Å². The lowest BCUT2D eigenvalue weighted by Crippen LogP contribution is -2.24. The Balaban J connectivity index is 2.69. The maximum atomic E-state index is 11.6. The van der Waals surface area contributed by atoms with Crippen LogP contribution < -0.4 is 5.32 Å². The van der Waals surface area contributed by atoms with E-state index in [0.717, 1.165) is 11.1 Å². The van der Waals surface area contributed by atoms with E-state index in [-0.39, 0.29) is 5.91 Å². The predicted molar refractivity (Wildman–Crippen MR) is 63.1 cm³/mol. The molecule has 0 aliphatic rings. The van der Waals surface area contributed by atoms with Crippen LogP contribution in [0.15, 0.2) is 36.4 Å². The zero-order valence-electron chi connectivity index (χ0n) is 8.72. The molecule has 1 aromatic carbocycles. The maximum Gasteiger partial charge on any atom is 0.251 e. The molecular weight excluding hydrogens is 210 g/mol. The van der Waals surface area contributed by atoms with Crippen LogP contribution in [0.2, 0.25) is 0 Å². The largest absolute Gasteiger partial charge is 0.348 e. The van der Waals surface area contributed by atoms with Gasteiger partial charge in [-0.25, -0.2) is 0 Å². The van der Waals surface area contributed by atoms with Gasteiger partial charge in [0.05, 0.1) is 0 Å². The molecule has 0 aromatic heterocycles. The Kier molecular flexibility index (Phi) is 4.37. The fourth-order valence-corrected chi connectivity index (χ4v) is 1.30. The molecule has 0 saturated heterocycles. The summed E-state index contributed by atoms with van der Waals surface area (Å²) in [7, 11) is 0. The number of amides is 1. The van der Waals surface area contributed by atoms with Gasteiger partial charge in [-0.15, -0.1) is 11.6 Å². The van der Waals surface area contributed by atoms with Crippen molar-refractivity contribution in [3.05, 3.63) is 47.5 Å². The van der Waals surface area contributed by atoms with Crippen molar-refractivity contribution in [2.45, 2.75) is 12.8 Å². The zero-order valence-corrected chi connectivity index (χ0v) is 9.47. The van der Waals surface area contributed by atoms with Crippen LogP contribution in [0.3, 0.4) is 0 Å². The number of halogens is 1. The third-order valence-electron chi connectivity index (χ3n) is 1.89. The number of hydrogen-bond acceptors (Lipinski definition) is 1. The lowest BCUT2D eigenvalue weighted by molar-refractivity contribution is 0.0957. The fraction of sp³-hybridized carbons (Fsp3) is 0.250. The van der Waals surface area contributed by atoms with Crippen molar-refractivity contribution in [1.29, 1.82) is 0 Å². The molecule has 0 fully saturated rings. The molecule has 0 spiro atoms. The summed E-state index contributed by atoms with van der Waals surface area (Å²) in [6.45, 7) is 6.09. The van der Waals surface area contributed by atoms with Crippen molar-refractivity contribution in [3.8, 4) is 0 Å². The van der Waals surface area contributed by atoms with Crippen LogP contribution in [-0.2, 0) is 5.88 Å². The van der Waals surface area contributed by atoms with Crippen molar-refractivity contribution >= 4 is 17.5 Å². The van der Waals surface area contributed by atoms with E-state index in [9.17, 15) is 4.79 Å². The summed E-state index contributed by atoms with van der Waals surface area (Å²) >= 11 is 5.69. The standard InChI is InChI=1S/C12H14ClNO/c1-9(2)8-14-12(15)11-5-3-4-10(6-11)7-13/h3-6H,1,7-8H2,2H3,(H,14,15). The van der Waals surface area contributed by atoms with Crippen LogP contribution in [0.25, 0.3) is 0 Å². The lowest BCUT2D eigenvalue weighted by atomic mass is 10.1. The average Bonchev–Trinajstić information content (AvgIpc) is 2.26. The molecule has 80 valence electrons. The summed E-state index contributed by atoms with van der Waals surface area (Å²) < 4.78 is 0. The van der Waals surface area contributed by atoms with E-state index < -0.39 is 0 Å². The van der Waals surface area contributed by atoms with Gasteiger partial charge in [0.2, 0.25) is 0 Å². The first kappa shape index (κ1) is 11.8. The zero-order chi connectivity index (χ0) is 11.3. The number of nitrogens with one attached hydrogen (secondary N) is 1. The minimum Gasteiger partial charge on any atom is -0.348 e. The van der Waals surface area contributed by atoms with Gasteiger partial charge in [-0.1, -0.05) is 24.3 Å². The maximum absolute atomic E-state index is 11.6. The van der Waals surface area contributed by atoms with E-state index in [0.29, 0.717) is 18.0 Å².